The van der Waals surface area contributed by atoms with Gasteiger partial charge in [-0.25, -0.2) is 26.4 Å². The fourth-order valence-corrected chi connectivity index (χ4v) is 4.05. The zero-order chi connectivity index (χ0) is 29.4. The van der Waals surface area contributed by atoms with E-state index in [9.17, 15) is 54.7 Å². The molecule has 2 unspecified atom stereocenters. The van der Waals surface area contributed by atoms with E-state index >= 15 is 0 Å². The van der Waals surface area contributed by atoms with E-state index in [2.05, 4.69) is 9.68 Å². The molecule has 36 heavy (non-hydrogen) atoms. The Balaban J connectivity index is 0.00000760. The van der Waals surface area contributed by atoms with Crippen molar-refractivity contribution >= 4 is 55.8 Å². The molecule has 4 amide bonds. The Hall–Kier alpha value is -0.960. The van der Waals surface area contributed by atoms with Crippen LogP contribution in [0.15, 0.2) is 0 Å². The van der Waals surface area contributed by atoms with Gasteiger partial charge in [0.1, 0.15) is 30.7 Å². The summed E-state index contributed by atoms with van der Waals surface area (Å²) >= 11 is 0. The average Bonchev–Trinajstić information content (AvgIpc) is 3.21. The molecule has 0 N–H and O–H groups in total. The first-order valence-corrected chi connectivity index (χ1v) is 12.1. The van der Waals surface area contributed by atoms with Gasteiger partial charge in [-0.1, -0.05) is 12.8 Å². The molecule has 2 heterocycles. The summed E-state index contributed by atoms with van der Waals surface area (Å²) in [5.41, 5.74) is 0. The molecule has 16 nitrogen and oxygen atoms in total. The second kappa shape index (κ2) is 14.3. The predicted molar refractivity (Wildman–Crippen MR) is 99.8 cm³/mol. The molecule has 20 heteroatoms. The number of carbonyl (C=O) groups is 6. The van der Waals surface area contributed by atoms with Crippen molar-refractivity contribution in [1.29, 1.82) is 0 Å². The number of unbranched alkanes of at least 4 members (excludes halogenated alkanes) is 1. The van der Waals surface area contributed by atoms with E-state index in [1.807, 2.05) is 0 Å². The van der Waals surface area contributed by atoms with Crippen molar-refractivity contribution in [2.24, 2.45) is 0 Å². The van der Waals surface area contributed by atoms with Crippen molar-refractivity contribution in [2.45, 2.75) is 61.8 Å². The summed E-state index contributed by atoms with van der Waals surface area (Å²) in [5.74, 6) is -9.70. The Bertz CT molecular complexity index is 1200. The fraction of sp³-hybridized carbons (Fsp3) is 0.625. The summed E-state index contributed by atoms with van der Waals surface area (Å²) in [7, 11) is -10.5. The summed E-state index contributed by atoms with van der Waals surface area (Å²) in [6, 6.07) is 0. The standard InChI is InChI=1S/C16H20N2O14S2.2Na/c19-11-7-9(33(25,26)27)15(23)17(11)31-13(21)5-3-1-2-4-6-14(22)32-18-12(20)8-10(16(18)24)34(28,29)30;;/h9-10H,1-8H2,(H,25,26,27)(H,28,29,30);;/q;2*+1/p-2/i5D2,6D2;;. The first-order valence-electron chi connectivity index (χ1n) is 11.2. The average molecular weight is 576 g/mol. The van der Waals surface area contributed by atoms with Crippen molar-refractivity contribution in [2.75, 3.05) is 0 Å². The second-order valence-electron chi connectivity index (χ2n) is 6.74. The topological polar surface area (TPSA) is 242 Å². The van der Waals surface area contributed by atoms with Crippen LogP contribution in [-0.2, 0) is 58.7 Å². The fourth-order valence-electron chi connectivity index (χ4n) is 2.67. The van der Waals surface area contributed by atoms with E-state index in [1.165, 1.54) is 0 Å². The normalized spacial score (nSPS) is 22.6. The molecule has 0 radical (unpaired) electrons. The molecule has 0 aliphatic carbocycles. The molecule has 2 aliphatic rings. The molecule has 2 saturated heterocycles. The number of nitrogens with zero attached hydrogens (tertiary/aromatic N) is 2. The Kier molecular flexibility index (Phi) is 11.1. The summed E-state index contributed by atoms with van der Waals surface area (Å²) in [5, 5.41) is -5.34. The van der Waals surface area contributed by atoms with Crippen molar-refractivity contribution in [1.82, 2.24) is 10.1 Å². The first-order chi connectivity index (χ1) is 17.1. The van der Waals surface area contributed by atoms with Gasteiger partial charge in [0.15, 0.2) is 0 Å². The third kappa shape index (κ3) is 9.41. The smallest absolute Gasteiger partial charge is 0.747 e. The van der Waals surface area contributed by atoms with Gasteiger partial charge in [0.05, 0.1) is 12.8 Å². The zero-order valence-corrected chi connectivity index (χ0v) is 24.5. The molecule has 0 spiro atoms. The SMILES string of the molecule is [2H]C([2H])(CCCCC([2H])([2H])C(=O)ON1C(=O)CC(S(=O)(=O)[O-])C1=O)C(=O)ON1C(=O)CC(S(=O)(=O)[O-])C1=O.[Na+].[Na+]. The van der Waals surface area contributed by atoms with Gasteiger partial charge in [0, 0.05) is 18.2 Å². The van der Waals surface area contributed by atoms with Crippen LogP contribution in [0.3, 0.4) is 0 Å². The van der Waals surface area contributed by atoms with Crippen LogP contribution in [0.25, 0.3) is 0 Å². The largest absolute Gasteiger partial charge is 1.00 e. The number of amides is 4. The van der Waals surface area contributed by atoms with Crippen LogP contribution in [0.1, 0.15) is 56.8 Å². The van der Waals surface area contributed by atoms with E-state index in [-0.39, 0.29) is 82.1 Å². The molecule has 190 valence electrons. The Labute approximate surface area is 255 Å². The third-order valence-electron chi connectivity index (χ3n) is 4.31. The minimum Gasteiger partial charge on any atom is -0.747 e. The maximum atomic E-state index is 12.1. The van der Waals surface area contributed by atoms with Crippen LogP contribution < -0.4 is 59.1 Å². The van der Waals surface area contributed by atoms with Crippen LogP contribution in [-0.4, -0.2) is 82.1 Å². The van der Waals surface area contributed by atoms with E-state index in [0.29, 0.717) is 0 Å². The number of hydroxylamine groups is 4. The van der Waals surface area contributed by atoms with Crippen LogP contribution in [0, 0.1) is 0 Å². The van der Waals surface area contributed by atoms with Crippen LogP contribution in [0.2, 0.25) is 0 Å². The van der Waals surface area contributed by atoms with Gasteiger partial charge >= 0.3 is 71.1 Å². The molecule has 0 aromatic carbocycles. The summed E-state index contributed by atoms with van der Waals surface area (Å²) < 4.78 is 96.8. The summed E-state index contributed by atoms with van der Waals surface area (Å²) in [6.07, 6.45) is -10.1. The maximum absolute atomic E-state index is 12.1. The maximum Gasteiger partial charge on any atom is 1.00 e. The van der Waals surface area contributed by atoms with Crippen molar-refractivity contribution in [3.05, 3.63) is 0 Å². The number of imide groups is 2. The van der Waals surface area contributed by atoms with Crippen LogP contribution in [0.4, 0.5) is 0 Å². The summed E-state index contributed by atoms with van der Waals surface area (Å²) in [6.45, 7) is 0. The quantitative estimate of drug-likeness (QED) is 0.0960. The van der Waals surface area contributed by atoms with Crippen LogP contribution in [0.5, 0.6) is 0 Å². The van der Waals surface area contributed by atoms with Gasteiger partial charge in [-0.15, -0.1) is 10.1 Å². The number of rotatable bonds is 11. The number of carbonyl (C=O) groups excluding carboxylic acids is 6. The van der Waals surface area contributed by atoms with E-state index in [1.54, 1.807) is 0 Å². The van der Waals surface area contributed by atoms with Gasteiger partial charge in [-0.3, -0.25) is 19.2 Å². The van der Waals surface area contributed by atoms with Gasteiger partial charge in [-0.2, -0.15) is 0 Å². The van der Waals surface area contributed by atoms with Crippen molar-refractivity contribution in [3.63, 3.8) is 0 Å². The second-order valence-corrected chi connectivity index (χ2v) is 9.85. The molecule has 2 rings (SSSR count). The Morgan fingerprint density at radius 3 is 1.31 bits per heavy atom. The van der Waals surface area contributed by atoms with E-state index < -0.39 is 105 Å². The molecule has 0 aromatic heterocycles. The molecule has 2 fully saturated rings. The van der Waals surface area contributed by atoms with Gasteiger partial charge in [0.2, 0.25) is 0 Å². The predicted octanol–water partition coefficient (Wildman–Crippen LogP) is -8.40. The molecule has 2 atom stereocenters. The minimum atomic E-state index is -5.25. The van der Waals surface area contributed by atoms with Crippen molar-refractivity contribution in [3.8, 4) is 0 Å². The molecule has 0 aromatic rings. The van der Waals surface area contributed by atoms with Gasteiger partial charge in [-0.05, 0) is 12.8 Å². The van der Waals surface area contributed by atoms with Gasteiger partial charge < -0.3 is 18.8 Å². The van der Waals surface area contributed by atoms with Gasteiger partial charge in [0.25, 0.3) is 23.6 Å². The Morgan fingerprint density at radius 2 is 1.06 bits per heavy atom. The molecule has 2 aliphatic heterocycles. The van der Waals surface area contributed by atoms with E-state index in [4.69, 9.17) is 5.48 Å². The molecular weight excluding hydrogens is 554 g/mol. The van der Waals surface area contributed by atoms with Crippen molar-refractivity contribution < 1.29 is 129 Å². The minimum absolute atomic E-state index is 0. The number of hydrogen-bond donors (Lipinski definition) is 0. The molecule has 0 bridgehead atoms. The van der Waals surface area contributed by atoms with Crippen LogP contribution >= 0.6 is 0 Å². The molecule has 0 saturated carbocycles. The zero-order valence-electron chi connectivity index (χ0n) is 22.8. The van der Waals surface area contributed by atoms with E-state index in [0.717, 1.165) is 0 Å². The summed E-state index contributed by atoms with van der Waals surface area (Å²) in [4.78, 5) is 79.9. The monoisotopic (exact) mass is 576 g/mol. The first kappa shape index (κ1) is 28.1. The molecular formula is C16H18N2Na2O14S2. The third-order valence-corrected chi connectivity index (χ3v) is 6.44. The number of hydrogen-bond acceptors (Lipinski definition) is 14. The Morgan fingerprint density at radius 1 is 0.750 bits per heavy atom.